The summed E-state index contributed by atoms with van der Waals surface area (Å²) < 4.78 is 19.1. The van der Waals surface area contributed by atoms with Gasteiger partial charge in [0.2, 0.25) is 5.89 Å². The highest BCUT2D eigenvalue weighted by Crippen LogP contribution is 2.31. The van der Waals surface area contributed by atoms with Crippen LogP contribution < -0.4 is 0 Å². The molecular weight excluding hydrogens is 329 g/mol. The maximum Gasteiger partial charge on any atom is 0.338 e. The Kier molecular flexibility index (Phi) is 3.02. The number of aromatic carboxylic acids is 1. The number of hydrogen-bond donors (Lipinski definition) is 1. The molecule has 3 rings (SSSR count). The Balaban J connectivity index is 2.23. The first-order valence-electron chi connectivity index (χ1n) is 5.64. The molecule has 0 fully saturated rings. The van der Waals surface area contributed by atoms with Crippen molar-refractivity contribution in [2.75, 3.05) is 0 Å². The van der Waals surface area contributed by atoms with E-state index in [0.717, 1.165) is 0 Å². The van der Waals surface area contributed by atoms with Crippen LogP contribution in [0.2, 0.25) is 0 Å². The molecule has 0 aliphatic rings. The first-order valence-corrected chi connectivity index (χ1v) is 6.44. The fourth-order valence-electron chi connectivity index (χ4n) is 1.90. The molecule has 6 heteroatoms. The van der Waals surface area contributed by atoms with Crippen molar-refractivity contribution in [3.63, 3.8) is 0 Å². The molecule has 0 aliphatic heterocycles. The third kappa shape index (κ3) is 2.08. The average Bonchev–Trinajstić information content (AvgIpc) is 2.81. The number of carboxylic acid groups (broad SMARTS) is 1. The number of oxazole rings is 1. The second-order valence-corrected chi connectivity index (χ2v) is 4.95. The van der Waals surface area contributed by atoms with Crippen molar-refractivity contribution in [1.29, 1.82) is 0 Å². The summed E-state index contributed by atoms with van der Waals surface area (Å²) in [5.41, 5.74) is 1.26. The summed E-state index contributed by atoms with van der Waals surface area (Å²) in [6.07, 6.45) is 0. The van der Waals surface area contributed by atoms with E-state index in [0.29, 0.717) is 15.6 Å². The average molecular weight is 336 g/mol. The third-order valence-electron chi connectivity index (χ3n) is 2.81. The minimum Gasteiger partial charge on any atom is -0.478 e. The Morgan fingerprint density at radius 1 is 1.30 bits per heavy atom. The van der Waals surface area contributed by atoms with Gasteiger partial charge in [0.15, 0.2) is 5.58 Å². The van der Waals surface area contributed by atoms with Crippen molar-refractivity contribution < 1.29 is 18.7 Å². The minimum atomic E-state index is -1.08. The standard InChI is InChI=1S/C14H7BrFNO3/c15-10-6-7(16)4-5-8(10)13-17-12-9(14(18)19)2-1-3-11(12)20-13/h1-6H,(H,18,19). The number of fused-ring (bicyclic) bond motifs is 1. The van der Waals surface area contributed by atoms with Gasteiger partial charge in [0.25, 0.3) is 0 Å². The van der Waals surface area contributed by atoms with Gasteiger partial charge in [0, 0.05) is 4.47 Å². The topological polar surface area (TPSA) is 63.3 Å². The molecule has 0 radical (unpaired) electrons. The zero-order chi connectivity index (χ0) is 14.3. The maximum absolute atomic E-state index is 13.1. The van der Waals surface area contributed by atoms with Gasteiger partial charge in [-0.3, -0.25) is 0 Å². The quantitative estimate of drug-likeness (QED) is 0.765. The van der Waals surface area contributed by atoms with E-state index in [1.165, 1.54) is 24.3 Å². The summed E-state index contributed by atoms with van der Waals surface area (Å²) in [7, 11) is 0. The van der Waals surface area contributed by atoms with Crippen LogP contribution in [0.3, 0.4) is 0 Å². The normalized spacial score (nSPS) is 10.9. The molecule has 1 heterocycles. The molecular formula is C14H7BrFNO3. The van der Waals surface area contributed by atoms with Crippen LogP contribution >= 0.6 is 15.9 Å². The number of halogens is 2. The summed E-state index contributed by atoms with van der Waals surface area (Å²) in [6.45, 7) is 0. The Bertz CT molecular complexity index is 828. The summed E-state index contributed by atoms with van der Waals surface area (Å²) in [5.74, 6) is -1.22. The van der Waals surface area contributed by atoms with Gasteiger partial charge in [0.05, 0.1) is 11.1 Å². The van der Waals surface area contributed by atoms with Crippen LogP contribution in [0, 0.1) is 5.82 Å². The van der Waals surface area contributed by atoms with Crippen LogP contribution in [0.1, 0.15) is 10.4 Å². The highest BCUT2D eigenvalue weighted by molar-refractivity contribution is 9.10. The van der Waals surface area contributed by atoms with Crippen molar-refractivity contribution in [3.8, 4) is 11.5 Å². The lowest BCUT2D eigenvalue weighted by atomic mass is 10.2. The van der Waals surface area contributed by atoms with Crippen molar-refractivity contribution in [2.45, 2.75) is 0 Å². The molecule has 0 aliphatic carbocycles. The minimum absolute atomic E-state index is 0.0655. The Hall–Kier alpha value is -2.21. The van der Waals surface area contributed by atoms with E-state index in [1.54, 1.807) is 12.1 Å². The molecule has 100 valence electrons. The number of carboxylic acids is 1. The van der Waals surface area contributed by atoms with Gasteiger partial charge in [-0.2, -0.15) is 0 Å². The number of para-hydroxylation sites is 1. The molecule has 0 spiro atoms. The van der Waals surface area contributed by atoms with Gasteiger partial charge in [-0.05, 0) is 46.3 Å². The van der Waals surface area contributed by atoms with E-state index in [1.807, 2.05) is 0 Å². The summed E-state index contributed by atoms with van der Waals surface area (Å²) in [4.78, 5) is 15.3. The number of aromatic nitrogens is 1. The fourth-order valence-corrected chi connectivity index (χ4v) is 2.42. The molecule has 0 bridgehead atoms. The molecule has 2 aromatic carbocycles. The summed E-state index contributed by atoms with van der Waals surface area (Å²) in [5, 5.41) is 9.11. The molecule has 0 saturated carbocycles. The first-order chi connectivity index (χ1) is 9.56. The zero-order valence-corrected chi connectivity index (χ0v) is 11.5. The zero-order valence-electron chi connectivity index (χ0n) is 9.93. The smallest absolute Gasteiger partial charge is 0.338 e. The van der Waals surface area contributed by atoms with Crippen molar-refractivity contribution >= 4 is 33.0 Å². The van der Waals surface area contributed by atoms with E-state index < -0.39 is 5.97 Å². The summed E-state index contributed by atoms with van der Waals surface area (Å²) >= 11 is 3.23. The van der Waals surface area contributed by atoms with Crippen LogP contribution in [0.15, 0.2) is 45.3 Å². The Morgan fingerprint density at radius 2 is 2.10 bits per heavy atom. The second-order valence-electron chi connectivity index (χ2n) is 4.10. The largest absolute Gasteiger partial charge is 0.478 e. The Labute approximate surface area is 121 Å². The van der Waals surface area contributed by atoms with Gasteiger partial charge < -0.3 is 9.52 Å². The van der Waals surface area contributed by atoms with Gasteiger partial charge in [0.1, 0.15) is 11.3 Å². The van der Waals surface area contributed by atoms with Crippen LogP contribution in [0.4, 0.5) is 4.39 Å². The predicted octanol–water partition coefficient (Wildman–Crippen LogP) is 4.09. The van der Waals surface area contributed by atoms with Crippen LogP contribution in [-0.2, 0) is 0 Å². The molecule has 0 unspecified atom stereocenters. The monoisotopic (exact) mass is 335 g/mol. The molecule has 4 nitrogen and oxygen atoms in total. The second kappa shape index (κ2) is 4.72. The number of nitrogens with zero attached hydrogens (tertiary/aromatic N) is 1. The fraction of sp³-hybridized carbons (Fsp3) is 0. The van der Waals surface area contributed by atoms with Gasteiger partial charge in [-0.25, -0.2) is 14.2 Å². The van der Waals surface area contributed by atoms with Gasteiger partial charge in [-0.15, -0.1) is 0 Å². The number of rotatable bonds is 2. The van der Waals surface area contributed by atoms with Crippen LogP contribution in [-0.4, -0.2) is 16.1 Å². The van der Waals surface area contributed by atoms with E-state index in [-0.39, 0.29) is 22.8 Å². The SMILES string of the molecule is O=C(O)c1cccc2oc(-c3ccc(F)cc3Br)nc12. The highest BCUT2D eigenvalue weighted by Gasteiger charge is 2.16. The lowest BCUT2D eigenvalue weighted by Gasteiger charge is -1.98. The lowest BCUT2D eigenvalue weighted by molar-refractivity contribution is 0.0699. The maximum atomic E-state index is 13.1. The molecule has 3 aromatic rings. The molecule has 0 amide bonds. The van der Waals surface area contributed by atoms with E-state index in [9.17, 15) is 9.18 Å². The Morgan fingerprint density at radius 3 is 2.80 bits per heavy atom. The number of carbonyl (C=O) groups is 1. The van der Waals surface area contributed by atoms with Crippen LogP contribution in [0.5, 0.6) is 0 Å². The van der Waals surface area contributed by atoms with Crippen molar-refractivity contribution in [3.05, 3.63) is 52.3 Å². The van der Waals surface area contributed by atoms with E-state index in [2.05, 4.69) is 20.9 Å². The van der Waals surface area contributed by atoms with Gasteiger partial charge >= 0.3 is 5.97 Å². The molecule has 1 N–H and O–H groups in total. The predicted molar refractivity (Wildman–Crippen MR) is 74.1 cm³/mol. The molecule has 0 atom stereocenters. The van der Waals surface area contributed by atoms with Crippen LogP contribution in [0.25, 0.3) is 22.6 Å². The van der Waals surface area contributed by atoms with Gasteiger partial charge in [-0.1, -0.05) is 6.07 Å². The molecule has 1 aromatic heterocycles. The van der Waals surface area contributed by atoms with E-state index >= 15 is 0 Å². The lowest BCUT2D eigenvalue weighted by Crippen LogP contribution is -1.96. The van der Waals surface area contributed by atoms with E-state index in [4.69, 9.17) is 9.52 Å². The highest BCUT2D eigenvalue weighted by atomic mass is 79.9. The third-order valence-corrected chi connectivity index (χ3v) is 3.47. The van der Waals surface area contributed by atoms with Crippen molar-refractivity contribution in [2.24, 2.45) is 0 Å². The summed E-state index contributed by atoms with van der Waals surface area (Å²) in [6, 6.07) is 8.77. The molecule has 0 saturated heterocycles. The number of hydrogen-bond acceptors (Lipinski definition) is 3. The number of benzene rings is 2. The van der Waals surface area contributed by atoms with Crippen molar-refractivity contribution in [1.82, 2.24) is 4.98 Å². The molecule has 20 heavy (non-hydrogen) atoms. The first kappa shape index (κ1) is 12.8.